The van der Waals surface area contributed by atoms with Gasteiger partial charge in [-0.15, -0.1) is 0 Å². The molecule has 0 aromatic heterocycles. The van der Waals surface area contributed by atoms with Crippen LogP contribution < -0.4 is 0 Å². The third-order valence-electron chi connectivity index (χ3n) is 4.10. The molecule has 2 aromatic carbocycles. The summed E-state index contributed by atoms with van der Waals surface area (Å²) >= 11 is 0. The Morgan fingerprint density at radius 1 is 0.957 bits per heavy atom. The molecule has 0 aliphatic heterocycles. The van der Waals surface area contributed by atoms with Gasteiger partial charge in [-0.3, -0.25) is 14.9 Å². The Hall–Kier alpha value is -2.93. The van der Waals surface area contributed by atoms with E-state index in [1.807, 2.05) is 6.07 Å². The molecule has 0 spiro atoms. The van der Waals surface area contributed by atoms with Crippen LogP contribution in [0, 0.1) is 49.7 Å². The lowest BCUT2D eigenvalue weighted by Gasteiger charge is -2.11. The van der Waals surface area contributed by atoms with Crippen LogP contribution in [0.25, 0.3) is 0 Å². The topological polar surface area (TPSA) is 60.2 Å². The second-order valence-corrected chi connectivity index (χ2v) is 5.43. The lowest BCUT2D eigenvalue weighted by atomic mass is 9.92. The van der Waals surface area contributed by atoms with E-state index in [9.17, 15) is 14.9 Å². The molecule has 0 heterocycles. The predicted molar refractivity (Wildman–Crippen MR) is 89.7 cm³/mol. The van der Waals surface area contributed by atoms with E-state index in [0.717, 1.165) is 11.1 Å². The number of nitro benzene ring substituents is 1. The first kappa shape index (κ1) is 16.4. The van der Waals surface area contributed by atoms with Gasteiger partial charge in [0.25, 0.3) is 5.69 Å². The Kier molecular flexibility index (Phi) is 4.61. The SMILES string of the molecule is Cc1c(C)c([N+](=O)[O-])c(C)c(C)c1C#CC(=O)c1ccccc1. The summed E-state index contributed by atoms with van der Waals surface area (Å²) in [4.78, 5) is 23.0. The average molecular weight is 307 g/mol. The van der Waals surface area contributed by atoms with Crippen molar-refractivity contribution < 1.29 is 9.72 Å². The molecule has 0 bridgehead atoms. The molecule has 0 aliphatic rings. The first-order valence-corrected chi connectivity index (χ1v) is 7.20. The maximum atomic E-state index is 12.1. The molecule has 2 rings (SSSR count). The molecule has 0 fully saturated rings. The molecule has 4 heteroatoms. The van der Waals surface area contributed by atoms with E-state index >= 15 is 0 Å². The summed E-state index contributed by atoms with van der Waals surface area (Å²) in [6.45, 7) is 7.02. The van der Waals surface area contributed by atoms with Gasteiger partial charge >= 0.3 is 0 Å². The van der Waals surface area contributed by atoms with Crippen LogP contribution in [0.15, 0.2) is 30.3 Å². The number of carbonyl (C=O) groups excluding carboxylic acids is 1. The molecule has 23 heavy (non-hydrogen) atoms. The Balaban J connectivity index is 2.53. The van der Waals surface area contributed by atoms with E-state index in [1.54, 1.807) is 52.0 Å². The van der Waals surface area contributed by atoms with Crippen LogP contribution in [-0.4, -0.2) is 10.7 Å². The van der Waals surface area contributed by atoms with Gasteiger partial charge in [0.05, 0.1) is 4.92 Å². The molecule has 4 nitrogen and oxygen atoms in total. The first-order valence-electron chi connectivity index (χ1n) is 7.20. The monoisotopic (exact) mass is 307 g/mol. The molecular formula is C19H17NO3. The molecular weight excluding hydrogens is 290 g/mol. The van der Waals surface area contributed by atoms with Gasteiger partial charge in [0.15, 0.2) is 0 Å². The van der Waals surface area contributed by atoms with Crippen molar-refractivity contribution in [1.82, 2.24) is 0 Å². The third kappa shape index (κ3) is 3.14. The van der Waals surface area contributed by atoms with Crippen LogP contribution in [0.3, 0.4) is 0 Å². The second-order valence-electron chi connectivity index (χ2n) is 5.43. The molecule has 0 amide bonds. The summed E-state index contributed by atoms with van der Waals surface area (Å²) in [6, 6.07) is 8.82. The van der Waals surface area contributed by atoms with Gasteiger partial charge in [-0.05, 0) is 44.7 Å². The van der Waals surface area contributed by atoms with Gasteiger partial charge in [-0.25, -0.2) is 0 Å². The fraction of sp³-hybridized carbons (Fsp3) is 0.211. The van der Waals surface area contributed by atoms with Crippen molar-refractivity contribution in [3.05, 3.63) is 73.8 Å². The van der Waals surface area contributed by atoms with Crippen LogP contribution >= 0.6 is 0 Å². The van der Waals surface area contributed by atoms with Gasteiger partial charge in [-0.2, -0.15) is 0 Å². The largest absolute Gasteiger partial charge is 0.279 e. The minimum absolute atomic E-state index is 0.125. The van der Waals surface area contributed by atoms with E-state index in [1.165, 1.54) is 0 Å². The molecule has 116 valence electrons. The zero-order valence-electron chi connectivity index (χ0n) is 13.6. The first-order chi connectivity index (χ1) is 10.8. The standard InChI is InChI=1S/C19H17NO3/c1-12-14(3)19(20(22)23)15(4)13(2)17(12)10-11-18(21)16-8-6-5-7-9-16/h5-9H,1-4H3. The number of ketones is 1. The van der Waals surface area contributed by atoms with Crippen LogP contribution in [0.1, 0.15) is 38.2 Å². The van der Waals surface area contributed by atoms with Crippen molar-refractivity contribution in [2.45, 2.75) is 27.7 Å². The second kappa shape index (κ2) is 6.45. The van der Waals surface area contributed by atoms with Crippen LogP contribution in [-0.2, 0) is 0 Å². The predicted octanol–water partition coefficient (Wildman–Crippen LogP) is 4.06. The number of carbonyl (C=O) groups is 1. The minimum Gasteiger partial charge on any atom is -0.279 e. The molecule has 0 aliphatic carbocycles. The number of nitro groups is 1. The summed E-state index contributed by atoms with van der Waals surface area (Å²) in [6.07, 6.45) is 0. The molecule has 0 unspecified atom stereocenters. The maximum absolute atomic E-state index is 12.1. The Labute approximate surface area is 135 Å². The van der Waals surface area contributed by atoms with E-state index in [2.05, 4.69) is 11.8 Å². The molecule has 0 saturated heterocycles. The fourth-order valence-corrected chi connectivity index (χ4v) is 2.54. The van der Waals surface area contributed by atoms with Gasteiger partial charge < -0.3 is 0 Å². The Bertz CT molecular complexity index is 827. The number of nitrogens with zero attached hydrogens (tertiary/aromatic N) is 1. The highest BCUT2D eigenvalue weighted by Crippen LogP contribution is 2.31. The van der Waals surface area contributed by atoms with E-state index in [0.29, 0.717) is 22.3 Å². The normalized spacial score (nSPS) is 9.91. The van der Waals surface area contributed by atoms with Crippen LogP contribution in [0.2, 0.25) is 0 Å². The van der Waals surface area contributed by atoms with Gasteiger partial charge in [0, 0.05) is 22.3 Å². The fourth-order valence-electron chi connectivity index (χ4n) is 2.54. The minimum atomic E-state index is -0.364. The average Bonchev–Trinajstić information content (AvgIpc) is 2.53. The van der Waals surface area contributed by atoms with Gasteiger partial charge in [0.2, 0.25) is 5.78 Å². The van der Waals surface area contributed by atoms with Gasteiger partial charge in [0.1, 0.15) is 0 Å². The van der Waals surface area contributed by atoms with Crippen molar-refractivity contribution >= 4 is 11.5 Å². The summed E-state index contributed by atoms with van der Waals surface area (Å²) in [5.74, 6) is 5.28. The summed E-state index contributed by atoms with van der Waals surface area (Å²) in [7, 11) is 0. The zero-order chi connectivity index (χ0) is 17.1. The van der Waals surface area contributed by atoms with Crippen molar-refractivity contribution in [3.63, 3.8) is 0 Å². The van der Waals surface area contributed by atoms with Crippen molar-refractivity contribution in [1.29, 1.82) is 0 Å². The maximum Gasteiger partial charge on any atom is 0.275 e. The van der Waals surface area contributed by atoms with Crippen molar-refractivity contribution in [2.24, 2.45) is 0 Å². The Morgan fingerprint density at radius 2 is 1.48 bits per heavy atom. The quantitative estimate of drug-likeness (QED) is 0.364. The molecule has 2 aromatic rings. The lowest BCUT2D eigenvalue weighted by molar-refractivity contribution is -0.386. The van der Waals surface area contributed by atoms with Crippen LogP contribution in [0.4, 0.5) is 5.69 Å². The third-order valence-corrected chi connectivity index (χ3v) is 4.10. The summed E-state index contributed by atoms with van der Waals surface area (Å²) < 4.78 is 0. The highest BCUT2D eigenvalue weighted by Gasteiger charge is 2.21. The van der Waals surface area contributed by atoms with E-state index < -0.39 is 0 Å². The van der Waals surface area contributed by atoms with Crippen LogP contribution in [0.5, 0.6) is 0 Å². The van der Waals surface area contributed by atoms with Crippen molar-refractivity contribution in [3.8, 4) is 11.8 Å². The summed E-state index contributed by atoms with van der Waals surface area (Å²) in [5, 5.41) is 11.2. The number of benzene rings is 2. The van der Waals surface area contributed by atoms with Gasteiger partial charge in [-0.1, -0.05) is 36.3 Å². The highest BCUT2D eigenvalue weighted by molar-refractivity contribution is 6.09. The molecule has 0 saturated carbocycles. The van der Waals surface area contributed by atoms with E-state index in [-0.39, 0.29) is 16.4 Å². The number of hydrogen-bond acceptors (Lipinski definition) is 3. The smallest absolute Gasteiger partial charge is 0.275 e. The van der Waals surface area contributed by atoms with E-state index in [4.69, 9.17) is 0 Å². The number of rotatable bonds is 2. The Morgan fingerprint density at radius 3 is 1.96 bits per heavy atom. The lowest BCUT2D eigenvalue weighted by Crippen LogP contribution is -2.03. The number of Topliss-reactive ketones (excluding diaryl/α,β-unsaturated/α-hetero) is 1. The zero-order valence-corrected chi connectivity index (χ0v) is 13.6. The molecule has 0 radical (unpaired) electrons. The molecule has 0 N–H and O–H groups in total. The molecule has 0 atom stereocenters. The highest BCUT2D eigenvalue weighted by atomic mass is 16.6. The van der Waals surface area contributed by atoms with Crippen molar-refractivity contribution in [2.75, 3.05) is 0 Å². The number of hydrogen-bond donors (Lipinski definition) is 0. The summed E-state index contributed by atoms with van der Waals surface area (Å²) in [5.41, 5.74) is 4.02.